The number of nitrogens with zero attached hydrogens (tertiary/aromatic N) is 3. The van der Waals surface area contributed by atoms with Crippen molar-refractivity contribution in [3.8, 4) is 0 Å². The van der Waals surface area contributed by atoms with Gasteiger partial charge in [-0.2, -0.15) is 0 Å². The fourth-order valence-corrected chi connectivity index (χ4v) is 3.41. The summed E-state index contributed by atoms with van der Waals surface area (Å²) in [7, 11) is 1.37. The summed E-state index contributed by atoms with van der Waals surface area (Å²) in [6.45, 7) is 2.44. The van der Waals surface area contributed by atoms with E-state index in [2.05, 4.69) is 4.98 Å². The Hall–Kier alpha value is -2.64. The summed E-state index contributed by atoms with van der Waals surface area (Å²) >= 11 is 6.08. The number of benzene rings is 1. The summed E-state index contributed by atoms with van der Waals surface area (Å²) in [6, 6.07) is 11.6. The number of aromatic nitrogens is 1. The minimum Gasteiger partial charge on any atom is -0.477 e. The molecule has 0 spiro atoms. The number of aromatic carboxylic acids is 1. The minimum absolute atomic E-state index is 0.0151. The van der Waals surface area contributed by atoms with E-state index >= 15 is 0 Å². The van der Waals surface area contributed by atoms with Crippen molar-refractivity contribution < 1.29 is 19.4 Å². The molecule has 2 heterocycles. The lowest BCUT2D eigenvalue weighted by molar-refractivity contribution is -0.147. The number of hydrogen-bond acceptors (Lipinski definition) is 6. The Morgan fingerprint density at radius 1 is 1.15 bits per heavy atom. The maximum absolute atomic E-state index is 12.4. The third-order valence-corrected chi connectivity index (χ3v) is 4.78. The first-order valence-corrected chi connectivity index (χ1v) is 8.90. The van der Waals surface area contributed by atoms with Crippen molar-refractivity contribution in [1.82, 2.24) is 9.88 Å². The van der Waals surface area contributed by atoms with E-state index in [1.165, 1.54) is 13.2 Å². The quantitative estimate of drug-likeness (QED) is 0.786. The van der Waals surface area contributed by atoms with Crippen LogP contribution in [-0.4, -0.2) is 60.2 Å². The second-order valence-corrected chi connectivity index (χ2v) is 6.63. The molecule has 0 amide bonds. The lowest BCUT2D eigenvalue weighted by Gasteiger charge is -2.38. The van der Waals surface area contributed by atoms with Crippen LogP contribution in [0.4, 0.5) is 5.82 Å². The molecular formula is C19H20ClN3O4. The van der Waals surface area contributed by atoms with Gasteiger partial charge in [-0.15, -0.1) is 0 Å². The van der Waals surface area contributed by atoms with Crippen molar-refractivity contribution in [2.45, 2.75) is 6.04 Å². The van der Waals surface area contributed by atoms with Crippen LogP contribution < -0.4 is 4.90 Å². The fourth-order valence-electron chi connectivity index (χ4n) is 3.21. The zero-order chi connectivity index (χ0) is 19.4. The smallest absolute Gasteiger partial charge is 0.354 e. The number of anilines is 1. The molecule has 1 aromatic heterocycles. The molecule has 3 rings (SSSR count). The van der Waals surface area contributed by atoms with E-state index in [9.17, 15) is 9.59 Å². The molecule has 1 unspecified atom stereocenters. The Labute approximate surface area is 162 Å². The maximum atomic E-state index is 12.4. The van der Waals surface area contributed by atoms with E-state index in [1.807, 2.05) is 21.9 Å². The molecule has 2 aromatic rings. The van der Waals surface area contributed by atoms with E-state index in [1.54, 1.807) is 24.3 Å². The van der Waals surface area contributed by atoms with Gasteiger partial charge in [-0.05, 0) is 29.8 Å². The number of carboxylic acid groups (broad SMARTS) is 1. The number of piperazine rings is 1. The van der Waals surface area contributed by atoms with Gasteiger partial charge in [-0.3, -0.25) is 4.90 Å². The van der Waals surface area contributed by atoms with Gasteiger partial charge in [0.15, 0.2) is 5.69 Å². The summed E-state index contributed by atoms with van der Waals surface area (Å²) in [4.78, 5) is 31.7. The molecule has 0 aliphatic carbocycles. The first-order chi connectivity index (χ1) is 13.0. The van der Waals surface area contributed by atoms with Crippen LogP contribution in [0.5, 0.6) is 0 Å². The molecule has 1 aliphatic heterocycles. The standard InChI is InChI=1S/C19H20ClN3O4/c1-27-19(26)17(13-4-2-5-14(20)12-13)23-10-8-22(9-11-23)16-7-3-6-15(21-16)18(24)25/h2-7,12,17H,8-11H2,1H3,(H,24,25). The van der Waals surface area contributed by atoms with E-state index in [0.29, 0.717) is 37.0 Å². The summed E-state index contributed by atoms with van der Waals surface area (Å²) in [5.41, 5.74) is 0.801. The third kappa shape index (κ3) is 4.37. The average Bonchev–Trinajstić information content (AvgIpc) is 2.68. The Kier molecular flexibility index (Phi) is 5.93. The minimum atomic E-state index is -1.05. The molecule has 27 heavy (non-hydrogen) atoms. The number of ether oxygens (including phenoxy) is 1. The number of hydrogen-bond donors (Lipinski definition) is 1. The second-order valence-electron chi connectivity index (χ2n) is 6.19. The van der Waals surface area contributed by atoms with Crippen molar-refractivity contribution in [1.29, 1.82) is 0 Å². The van der Waals surface area contributed by atoms with Crippen LogP contribution in [0.15, 0.2) is 42.5 Å². The monoisotopic (exact) mass is 389 g/mol. The number of carbonyl (C=O) groups is 2. The van der Waals surface area contributed by atoms with Gasteiger partial charge >= 0.3 is 11.9 Å². The molecule has 8 heteroatoms. The van der Waals surface area contributed by atoms with E-state index in [0.717, 1.165) is 5.56 Å². The molecule has 1 aromatic carbocycles. The predicted molar refractivity (Wildman–Crippen MR) is 101 cm³/mol. The molecule has 1 fully saturated rings. The van der Waals surface area contributed by atoms with Crippen LogP contribution in [0, 0.1) is 0 Å². The van der Waals surface area contributed by atoms with Crippen LogP contribution in [-0.2, 0) is 9.53 Å². The molecule has 0 bridgehead atoms. The highest BCUT2D eigenvalue weighted by Gasteiger charge is 2.31. The lowest BCUT2D eigenvalue weighted by atomic mass is 10.0. The van der Waals surface area contributed by atoms with Crippen LogP contribution in [0.1, 0.15) is 22.1 Å². The Balaban J connectivity index is 1.75. The summed E-state index contributed by atoms with van der Waals surface area (Å²) in [5, 5.41) is 9.67. The van der Waals surface area contributed by atoms with Gasteiger partial charge in [0.05, 0.1) is 7.11 Å². The fraction of sp³-hybridized carbons (Fsp3) is 0.316. The topological polar surface area (TPSA) is 83.0 Å². The maximum Gasteiger partial charge on any atom is 0.354 e. The normalized spacial score (nSPS) is 16.0. The van der Waals surface area contributed by atoms with Gasteiger partial charge in [0.1, 0.15) is 11.9 Å². The molecular weight excluding hydrogens is 370 g/mol. The predicted octanol–water partition coefficient (Wildman–Crippen LogP) is 2.47. The van der Waals surface area contributed by atoms with E-state index < -0.39 is 12.0 Å². The van der Waals surface area contributed by atoms with Gasteiger partial charge in [0.25, 0.3) is 0 Å². The highest BCUT2D eigenvalue weighted by Crippen LogP contribution is 2.27. The highest BCUT2D eigenvalue weighted by atomic mass is 35.5. The van der Waals surface area contributed by atoms with E-state index in [4.69, 9.17) is 21.4 Å². The number of pyridine rings is 1. The third-order valence-electron chi connectivity index (χ3n) is 4.55. The Bertz CT molecular complexity index is 837. The van der Waals surface area contributed by atoms with Crippen molar-refractivity contribution in [2.75, 3.05) is 38.2 Å². The number of carbonyl (C=O) groups excluding carboxylic acids is 1. The van der Waals surface area contributed by atoms with Crippen molar-refractivity contribution >= 4 is 29.4 Å². The highest BCUT2D eigenvalue weighted by molar-refractivity contribution is 6.30. The molecule has 0 saturated carbocycles. The Morgan fingerprint density at radius 2 is 1.85 bits per heavy atom. The summed E-state index contributed by atoms with van der Waals surface area (Å²) < 4.78 is 5.00. The Morgan fingerprint density at radius 3 is 2.48 bits per heavy atom. The summed E-state index contributed by atoms with van der Waals surface area (Å²) in [5.74, 6) is -0.772. The average molecular weight is 390 g/mol. The molecule has 142 valence electrons. The van der Waals surface area contributed by atoms with Gasteiger partial charge in [0.2, 0.25) is 0 Å². The largest absolute Gasteiger partial charge is 0.477 e. The van der Waals surface area contributed by atoms with Gasteiger partial charge in [-0.1, -0.05) is 29.8 Å². The molecule has 1 N–H and O–H groups in total. The molecule has 1 aliphatic rings. The van der Waals surface area contributed by atoms with Crippen LogP contribution in [0.3, 0.4) is 0 Å². The number of carboxylic acids is 1. The summed E-state index contributed by atoms with van der Waals surface area (Å²) in [6.07, 6.45) is 0. The van der Waals surface area contributed by atoms with Crippen molar-refractivity contribution in [3.05, 3.63) is 58.7 Å². The molecule has 1 saturated heterocycles. The van der Waals surface area contributed by atoms with Gasteiger partial charge in [-0.25, -0.2) is 14.6 Å². The SMILES string of the molecule is COC(=O)C(c1cccc(Cl)c1)N1CCN(c2cccc(C(=O)O)n2)CC1. The number of rotatable bonds is 5. The van der Waals surface area contributed by atoms with E-state index in [-0.39, 0.29) is 11.7 Å². The number of esters is 1. The second kappa shape index (κ2) is 8.37. The lowest BCUT2D eigenvalue weighted by Crippen LogP contribution is -2.49. The molecule has 0 radical (unpaired) electrons. The molecule has 1 atom stereocenters. The molecule has 7 nitrogen and oxygen atoms in total. The first-order valence-electron chi connectivity index (χ1n) is 8.52. The van der Waals surface area contributed by atoms with Crippen LogP contribution in [0.25, 0.3) is 0 Å². The van der Waals surface area contributed by atoms with Gasteiger partial charge < -0.3 is 14.7 Å². The van der Waals surface area contributed by atoms with Crippen LogP contribution in [0.2, 0.25) is 5.02 Å². The number of halogens is 1. The number of methoxy groups -OCH3 is 1. The van der Waals surface area contributed by atoms with Gasteiger partial charge in [0, 0.05) is 31.2 Å². The first kappa shape index (κ1) is 19.1. The van der Waals surface area contributed by atoms with Crippen molar-refractivity contribution in [3.63, 3.8) is 0 Å². The zero-order valence-electron chi connectivity index (χ0n) is 14.8. The zero-order valence-corrected chi connectivity index (χ0v) is 15.6. The van der Waals surface area contributed by atoms with Crippen molar-refractivity contribution in [2.24, 2.45) is 0 Å². The van der Waals surface area contributed by atoms with Crippen LogP contribution >= 0.6 is 11.6 Å².